The van der Waals surface area contributed by atoms with Crippen LogP contribution in [0.5, 0.6) is 0 Å². The van der Waals surface area contributed by atoms with E-state index in [0.717, 1.165) is 0 Å². The quantitative estimate of drug-likeness (QED) is 0.310. The molecule has 0 aromatic carbocycles. The Hall–Kier alpha value is -0.550. The molecule has 0 rings (SSSR count). The van der Waals surface area contributed by atoms with Crippen molar-refractivity contribution in [2.45, 2.75) is 11.8 Å². The number of halogens is 6. The largest absolute Gasteiger partial charge is 0.513 e. The van der Waals surface area contributed by atoms with Crippen molar-refractivity contribution < 1.29 is 34.8 Å². The highest BCUT2D eigenvalue weighted by Gasteiger charge is 2.57. The second-order valence-electron chi connectivity index (χ2n) is 1.71. The second-order valence-corrected chi connectivity index (χ2v) is 3.52. The summed E-state index contributed by atoms with van der Waals surface area (Å²) >= 11 is 0. The van der Waals surface area contributed by atoms with Gasteiger partial charge in [0.15, 0.2) is 0 Å². The second kappa shape index (κ2) is 2.99. The van der Waals surface area contributed by atoms with Crippen LogP contribution in [0, 0.1) is 0 Å². The zero-order valence-electron chi connectivity index (χ0n) is 5.52. The minimum Gasteiger partial charge on any atom is -0.247 e. The monoisotopic (exact) mass is 232 g/mol. The maximum Gasteiger partial charge on any atom is 0.513 e. The topological polar surface area (TPSA) is 63.4 Å². The van der Waals surface area contributed by atoms with Gasteiger partial charge in [-0.15, -0.1) is 0 Å². The number of sulfonamides is 1. The molecule has 11 heteroatoms. The maximum atomic E-state index is 11.4. The molecule has 0 bridgehead atoms. The van der Waals surface area contributed by atoms with E-state index in [1.165, 1.54) is 0 Å². The summed E-state index contributed by atoms with van der Waals surface area (Å²) in [6.45, 7) is 0. The maximum absolute atomic E-state index is 11.4. The van der Waals surface area contributed by atoms with Crippen molar-refractivity contribution in [3.8, 4) is 0 Å². The number of hydrogen-bond acceptors (Lipinski definition) is 3. The van der Waals surface area contributed by atoms with E-state index in [1.54, 1.807) is 0 Å². The predicted molar refractivity (Wildman–Crippen MR) is 27.1 cm³/mol. The minimum atomic E-state index is -6.55. The molecule has 0 saturated carbocycles. The SMILES string of the molecule is NN(C(F)(F)F)S(=O)(=O)C(F)(F)F. The number of rotatable bonds is 1. The Morgan fingerprint density at radius 2 is 1.31 bits per heavy atom. The smallest absolute Gasteiger partial charge is 0.247 e. The Balaban J connectivity index is 5.12. The van der Waals surface area contributed by atoms with Gasteiger partial charge in [0.05, 0.1) is 0 Å². The lowest BCUT2D eigenvalue weighted by atomic mass is 11.2. The van der Waals surface area contributed by atoms with Crippen LogP contribution < -0.4 is 5.84 Å². The number of hydrazine groups is 1. The number of nitrogens with zero attached hydrogens (tertiary/aromatic N) is 1. The molecule has 0 fully saturated rings. The predicted octanol–water partition coefficient (Wildman–Crippen LogP) is 0.532. The molecule has 13 heavy (non-hydrogen) atoms. The summed E-state index contributed by atoms with van der Waals surface area (Å²) in [5, 5.41) is 0. The first-order valence-corrected chi connectivity index (χ1v) is 3.78. The Morgan fingerprint density at radius 3 is 1.38 bits per heavy atom. The van der Waals surface area contributed by atoms with E-state index in [1.807, 2.05) is 0 Å². The lowest BCUT2D eigenvalue weighted by Gasteiger charge is -2.19. The summed E-state index contributed by atoms with van der Waals surface area (Å²) < 4.78 is 86.1. The van der Waals surface area contributed by atoms with Crippen molar-refractivity contribution >= 4 is 10.0 Å². The van der Waals surface area contributed by atoms with Crippen molar-refractivity contribution in [3.63, 3.8) is 0 Å². The molecule has 0 aliphatic rings. The summed E-state index contributed by atoms with van der Waals surface area (Å²) in [5.41, 5.74) is -6.07. The molecule has 80 valence electrons. The molecule has 0 heterocycles. The lowest BCUT2D eigenvalue weighted by Crippen LogP contribution is -2.52. The minimum absolute atomic E-state index is 2.19. The Labute approximate surface area is 67.9 Å². The summed E-state index contributed by atoms with van der Waals surface area (Å²) in [5.74, 6) is 3.72. The molecular formula is C2H2F6N2O2S. The van der Waals surface area contributed by atoms with Gasteiger partial charge in [-0.25, -0.2) is 14.3 Å². The first-order chi connectivity index (χ1) is 5.40. The summed E-state index contributed by atoms with van der Waals surface area (Å²) in [6, 6.07) is 0. The van der Waals surface area contributed by atoms with Crippen LogP contribution >= 0.6 is 0 Å². The summed E-state index contributed by atoms with van der Waals surface area (Å²) in [4.78, 5) is 0. The molecule has 0 radical (unpaired) electrons. The van der Waals surface area contributed by atoms with Gasteiger partial charge in [0.1, 0.15) is 0 Å². The molecule has 0 aromatic rings. The molecule has 0 amide bonds. The van der Waals surface area contributed by atoms with E-state index in [4.69, 9.17) is 0 Å². The Morgan fingerprint density at radius 1 is 1.00 bits per heavy atom. The fraction of sp³-hybridized carbons (Fsp3) is 1.00. The van der Waals surface area contributed by atoms with Gasteiger partial charge in [-0.1, -0.05) is 0 Å². The highest BCUT2D eigenvalue weighted by Crippen LogP contribution is 2.31. The highest BCUT2D eigenvalue weighted by molar-refractivity contribution is 7.89. The summed E-state index contributed by atoms with van der Waals surface area (Å²) in [7, 11) is -6.55. The molecule has 0 atom stereocenters. The normalized spacial score (nSPS) is 15.1. The number of alkyl halides is 6. The van der Waals surface area contributed by atoms with Crippen LogP contribution in [0.3, 0.4) is 0 Å². The fourth-order valence-electron chi connectivity index (χ4n) is 0.248. The molecule has 0 spiro atoms. The molecule has 4 nitrogen and oxygen atoms in total. The standard InChI is InChI=1S/C2H2F6N2O2S/c3-1(4,5)10(9)13(11,12)2(6,7)8/h9H2. The van der Waals surface area contributed by atoms with Gasteiger partial charge in [-0.05, 0) is 4.41 Å². The van der Waals surface area contributed by atoms with Gasteiger partial charge in [0.25, 0.3) is 0 Å². The van der Waals surface area contributed by atoms with Crippen LogP contribution in [-0.2, 0) is 10.0 Å². The average molecular weight is 232 g/mol. The van der Waals surface area contributed by atoms with Gasteiger partial charge in [-0.3, -0.25) is 0 Å². The molecule has 0 unspecified atom stereocenters. The van der Waals surface area contributed by atoms with Gasteiger partial charge >= 0.3 is 21.8 Å². The van der Waals surface area contributed by atoms with Crippen molar-refractivity contribution in [3.05, 3.63) is 0 Å². The summed E-state index contributed by atoms with van der Waals surface area (Å²) in [6.07, 6.45) is -5.80. The van der Waals surface area contributed by atoms with Crippen molar-refractivity contribution in [1.29, 1.82) is 0 Å². The molecule has 0 aliphatic heterocycles. The van der Waals surface area contributed by atoms with E-state index in [9.17, 15) is 34.8 Å². The van der Waals surface area contributed by atoms with Crippen molar-refractivity contribution in [1.82, 2.24) is 4.41 Å². The third kappa shape index (κ3) is 2.45. The average Bonchev–Trinajstić information content (AvgIpc) is 1.81. The van der Waals surface area contributed by atoms with Crippen LogP contribution in [-0.4, -0.2) is 24.6 Å². The van der Waals surface area contributed by atoms with Crippen LogP contribution in [0.25, 0.3) is 0 Å². The van der Waals surface area contributed by atoms with Crippen LogP contribution in [0.1, 0.15) is 0 Å². The Bertz CT molecular complexity index is 276. The number of hydrogen-bond donors (Lipinski definition) is 1. The fourth-order valence-corrected chi connectivity index (χ4v) is 0.743. The van der Waals surface area contributed by atoms with E-state index < -0.39 is 26.2 Å². The van der Waals surface area contributed by atoms with E-state index in [2.05, 4.69) is 5.84 Å². The van der Waals surface area contributed by atoms with E-state index in [0.29, 0.717) is 0 Å². The third-order valence-electron chi connectivity index (χ3n) is 0.801. The molecule has 0 aliphatic carbocycles. The van der Waals surface area contributed by atoms with Crippen molar-refractivity contribution in [2.75, 3.05) is 0 Å². The van der Waals surface area contributed by atoms with Crippen molar-refractivity contribution in [2.24, 2.45) is 5.84 Å². The zero-order valence-corrected chi connectivity index (χ0v) is 6.33. The van der Waals surface area contributed by atoms with Gasteiger partial charge in [0.2, 0.25) is 0 Å². The first kappa shape index (κ1) is 12.4. The van der Waals surface area contributed by atoms with E-state index in [-0.39, 0.29) is 0 Å². The van der Waals surface area contributed by atoms with Crippen LogP contribution in [0.4, 0.5) is 26.3 Å². The lowest BCUT2D eigenvalue weighted by molar-refractivity contribution is -0.216. The van der Waals surface area contributed by atoms with Gasteiger partial charge in [0, 0.05) is 0 Å². The van der Waals surface area contributed by atoms with Crippen LogP contribution in [0.15, 0.2) is 0 Å². The number of nitrogens with two attached hydrogens (primary N) is 1. The Kier molecular flexibility index (Phi) is 2.86. The molecular weight excluding hydrogens is 230 g/mol. The highest BCUT2D eigenvalue weighted by atomic mass is 32.2. The molecule has 0 saturated heterocycles. The third-order valence-corrected chi connectivity index (χ3v) is 2.11. The van der Waals surface area contributed by atoms with Gasteiger partial charge < -0.3 is 0 Å². The molecule has 2 N–H and O–H groups in total. The zero-order chi connectivity index (χ0) is 11.1. The van der Waals surface area contributed by atoms with E-state index >= 15 is 0 Å². The molecule has 0 aromatic heterocycles. The first-order valence-electron chi connectivity index (χ1n) is 2.34. The van der Waals surface area contributed by atoms with Crippen LogP contribution in [0.2, 0.25) is 0 Å². The van der Waals surface area contributed by atoms with Gasteiger partial charge in [-0.2, -0.15) is 26.3 Å².